The summed E-state index contributed by atoms with van der Waals surface area (Å²) >= 11 is 0. The molecule has 0 bridgehead atoms. The second-order valence-corrected chi connectivity index (χ2v) is 6.68. The van der Waals surface area contributed by atoms with Crippen molar-refractivity contribution in [3.8, 4) is 0 Å². The molecule has 3 aliphatic rings. The monoisotopic (exact) mass is 307 g/mol. The van der Waals surface area contributed by atoms with Gasteiger partial charge in [-0.05, 0) is 32.7 Å². The normalized spacial score (nSPS) is 28.0. The Kier molecular flexibility index (Phi) is 4.23. The van der Waals surface area contributed by atoms with Crippen molar-refractivity contribution in [1.82, 2.24) is 15.1 Å². The van der Waals surface area contributed by atoms with Crippen LogP contribution in [-0.2, 0) is 14.3 Å². The molecule has 122 valence electrons. The van der Waals surface area contributed by atoms with E-state index in [-0.39, 0.29) is 23.5 Å². The van der Waals surface area contributed by atoms with Crippen molar-refractivity contribution in [2.24, 2.45) is 0 Å². The first-order chi connectivity index (χ1) is 10.5. The van der Waals surface area contributed by atoms with Gasteiger partial charge in [0.1, 0.15) is 11.6 Å². The van der Waals surface area contributed by atoms with Crippen molar-refractivity contribution in [3.63, 3.8) is 0 Å². The van der Waals surface area contributed by atoms with Gasteiger partial charge in [-0.2, -0.15) is 0 Å². The lowest BCUT2D eigenvalue weighted by Crippen LogP contribution is -2.73. The maximum Gasteiger partial charge on any atom is 0.249 e. The van der Waals surface area contributed by atoms with E-state index in [1.54, 1.807) is 7.05 Å². The van der Waals surface area contributed by atoms with Gasteiger partial charge in [-0.15, -0.1) is 0 Å². The molecule has 2 aliphatic heterocycles. The van der Waals surface area contributed by atoms with Crippen LogP contribution in [0.4, 0.5) is 0 Å². The van der Waals surface area contributed by atoms with Crippen LogP contribution in [0.15, 0.2) is 11.6 Å². The predicted octanol–water partition coefficient (Wildman–Crippen LogP) is 0.144. The highest BCUT2D eigenvalue weighted by molar-refractivity contribution is 5.94. The van der Waals surface area contributed by atoms with Crippen LogP contribution >= 0.6 is 0 Å². The Morgan fingerprint density at radius 3 is 2.68 bits per heavy atom. The van der Waals surface area contributed by atoms with Crippen LogP contribution in [0.1, 0.15) is 25.7 Å². The Hall–Kier alpha value is -1.40. The third-order valence-corrected chi connectivity index (χ3v) is 4.98. The third-order valence-electron chi connectivity index (χ3n) is 4.98. The van der Waals surface area contributed by atoms with E-state index in [1.807, 2.05) is 16.8 Å². The Bertz CT molecular complexity index is 497. The minimum absolute atomic E-state index is 0.0167. The Balaban J connectivity index is 1.55. The van der Waals surface area contributed by atoms with Crippen LogP contribution in [0.25, 0.3) is 0 Å². The van der Waals surface area contributed by atoms with Crippen LogP contribution in [0.5, 0.6) is 0 Å². The minimum Gasteiger partial charge on any atom is -0.368 e. The molecule has 2 heterocycles. The predicted molar refractivity (Wildman–Crippen MR) is 82.3 cm³/mol. The Labute approximate surface area is 131 Å². The first-order valence-electron chi connectivity index (χ1n) is 8.09. The van der Waals surface area contributed by atoms with E-state index in [9.17, 15) is 9.59 Å². The molecule has 6 nitrogen and oxygen atoms in total. The summed E-state index contributed by atoms with van der Waals surface area (Å²) in [6, 6.07) is -0.235. The van der Waals surface area contributed by atoms with E-state index in [0.717, 1.165) is 24.8 Å². The molecule has 2 saturated heterocycles. The zero-order chi connectivity index (χ0) is 15.7. The maximum atomic E-state index is 12.4. The summed E-state index contributed by atoms with van der Waals surface area (Å²) in [6.45, 7) is 2.34. The van der Waals surface area contributed by atoms with Gasteiger partial charge in [-0.3, -0.25) is 14.5 Å². The van der Waals surface area contributed by atoms with Crippen LogP contribution in [-0.4, -0.2) is 73.6 Å². The van der Waals surface area contributed by atoms with Crippen molar-refractivity contribution < 1.29 is 14.3 Å². The molecule has 22 heavy (non-hydrogen) atoms. The van der Waals surface area contributed by atoms with Gasteiger partial charge in [-0.25, -0.2) is 0 Å². The summed E-state index contributed by atoms with van der Waals surface area (Å²) in [4.78, 5) is 28.1. The molecule has 2 fully saturated rings. The van der Waals surface area contributed by atoms with Gasteiger partial charge in [0.25, 0.3) is 0 Å². The van der Waals surface area contributed by atoms with Crippen LogP contribution in [0, 0.1) is 0 Å². The molecule has 0 aromatic carbocycles. The van der Waals surface area contributed by atoms with E-state index in [0.29, 0.717) is 26.2 Å². The van der Waals surface area contributed by atoms with Crippen molar-refractivity contribution in [1.29, 1.82) is 0 Å². The lowest BCUT2D eigenvalue weighted by atomic mass is 9.88. The molecule has 0 radical (unpaired) electrons. The number of morpholine rings is 1. The number of allylic oxidation sites excluding steroid dienone is 1. The largest absolute Gasteiger partial charge is 0.368 e. The van der Waals surface area contributed by atoms with Gasteiger partial charge in [0.2, 0.25) is 11.8 Å². The fourth-order valence-electron chi connectivity index (χ4n) is 3.66. The molecule has 1 atom stereocenters. The first kappa shape index (κ1) is 15.5. The van der Waals surface area contributed by atoms with Gasteiger partial charge in [-0.1, -0.05) is 6.08 Å². The molecule has 1 aliphatic carbocycles. The number of likely N-dealkylation sites (tertiary alicyclic amines) is 1. The number of ether oxygens (including phenoxy) is 1. The molecule has 0 saturated carbocycles. The van der Waals surface area contributed by atoms with Gasteiger partial charge in [0, 0.05) is 19.2 Å². The highest BCUT2D eigenvalue weighted by atomic mass is 16.5. The molecule has 2 amide bonds. The maximum absolute atomic E-state index is 12.4. The highest BCUT2D eigenvalue weighted by Crippen LogP contribution is 2.32. The van der Waals surface area contributed by atoms with E-state index < -0.39 is 0 Å². The number of nitrogens with one attached hydrogen (secondary N) is 1. The SMILES string of the molecule is CNC(=O)[C@@H]1COC2(CN(C(=O)C3=CCCCC3)C2)CN1C. The topological polar surface area (TPSA) is 61.9 Å². The number of amides is 2. The zero-order valence-corrected chi connectivity index (χ0v) is 13.4. The molecule has 1 spiro atoms. The number of hydrogen-bond acceptors (Lipinski definition) is 4. The fraction of sp³-hybridized carbons (Fsp3) is 0.750. The van der Waals surface area contributed by atoms with E-state index in [2.05, 4.69) is 11.4 Å². The Morgan fingerprint density at radius 2 is 2.09 bits per heavy atom. The van der Waals surface area contributed by atoms with Crippen molar-refractivity contribution in [2.45, 2.75) is 37.3 Å². The number of nitrogens with zero attached hydrogens (tertiary/aromatic N) is 2. The number of rotatable bonds is 2. The summed E-state index contributed by atoms with van der Waals surface area (Å²) in [5.74, 6) is 0.155. The Morgan fingerprint density at radius 1 is 1.32 bits per heavy atom. The van der Waals surface area contributed by atoms with Gasteiger partial charge in [0.05, 0.1) is 19.7 Å². The summed E-state index contributed by atoms with van der Waals surface area (Å²) < 4.78 is 5.96. The fourth-order valence-corrected chi connectivity index (χ4v) is 3.66. The molecule has 3 rings (SSSR count). The zero-order valence-electron chi connectivity index (χ0n) is 13.4. The third kappa shape index (κ3) is 2.77. The smallest absolute Gasteiger partial charge is 0.249 e. The highest BCUT2D eigenvalue weighted by Gasteiger charge is 2.51. The number of likely N-dealkylation sites (N-methyl/N-ethyl adjacent to an activating group) is 2. The average molecular weight is 307 g/mol. The summed E-state index contributed by atoms with van der Waals surface area (Å²) in [7, 11) is 3.58. The minimum atomic E-state index is -0.288. The quantitative estimate of drug-likeness (QED) is 0.788. The van der Waals surface area contributed by atoms with Gasteiger partial charge < -0.3 is 15.0 Å². The molecule has 0 aromatic heterocycles. The second-order valence-electron chi connectivity index (χ2n) is 6.68. The van der Waals surface area contributed by atoms with Gasteiger partial charge >= 0.3 is 0 Å². The molecule has 6 heteroatoms. The van der Waals surface area contributed by atoms with Crippen LogP contribution in [0.2, 0.25) is 0 Å². The number of hydrogen-bond donors (Lipinski definition) is 1. The molecule has 0 unspecified atom stereocenters. The van der Waals surface area contributed by atoms with E-state index in [1.165, 1.54) is 6.42 Å². The van der Waals surface area contributed by atoms with Crippen molar-refractivity contribution >= 4 is 11.8 Å². The molecular formula is C16H25N3O3. The second kappa shape index (κ2) is 6.01. The van der Waals surface area contributed by atoms with Crippen molar-refractivity contribution in [2.75, 3.05) is 40.3 Å². The summed E-state index contributed by atoms with van der Waals surface area (Å²) in [5.41, 5.74) is 0.679. The van der Waals surface area contributed by atoms with Crippen LogP contribution < -0.4 is 5.32 Å². The lowest BCUT2D eigenvalue weighted by Gasteiger charge is -2.54. The van der Waals surface area contributed by atoms with Crippen LogP contribution in [0.3, 0.4) is 0 Å². The van der Waals surface area contributed by atoms with E-state index >= 15 is 0 Å². The van der Waals surface area contributed by atoms with E-state index in [4.69, 9.17) is 4.74 Å². The first-order valence-corrected chi connectivity index (χ1v) is 8.09. The summed E-state index contributed by atoms with van der Waals surface area (Å²) in [6.07, 6.45) is 6.32. The number of carbonyl (C=O) groups excluding carboxylic acids is 2. The average Bonchev–Trinajstić information content (AvgIpc) is 2.52. The standard InChI is InChI=1S/C16H25N3O3/c1-17-14(20)13-8-22-16(9-18(13)2)10-19(11-16)15(21)12-6-4-3-5-7-12/h6,13H,3-5,7-11H2,1-2H3,(H,17,20)/t13-/m0/s1. The molecule has 1 N–H and O–H groups in total. The lowest BCUT2D eigenvalue weighted by molar-refractivity contribution is -0.199. The van der Waals surface area contributed by atoms with Gasteiger partial charge in [0.15, 0.2) is 0 Å². The summed E-state index contributed by atoms with van der Waals surface area (Å²) in [5, 5.41) is 2.67. The van der Waals surface area contributed by atoms with Crippen molar-refractivity contribution in [3.05, 3.63) is 11.6 Å². The molecule has 0 aromatic rings. The molecular weight excluding hydrogens is 282 g/mol. The number of carbonyl (C=O) groups is 2.